The van der Waals surface area contributed by atoms with Gasteiger partial charge in [-0.3, -0.25) is 14.6 Å². The van der Waals surface area contributed by atoms with Crippen LogP contribution < -0.4 is 15.0 Å². The molecule has 2 aromatic rings. The Bertz CT molecular complexity index is 793. The highest BCUT2D eigenvalue weighted by Gasteiger charge is 2.08. The number of pyridine rings is 1. The SMILES string of the molecule is COc1cccc(/C=N/CC(=O)c2ccc(=O)n(C)c2)c1OC. The normalized spacial score (nSPS) is 10.7. The number of rotatable bonds is 6. The number of aryl methyl sites for hydroxylation is 1. The number of Topliss-reactive ketones (excluding diaryl/α,β-unsaturated/α-hetero) is 1. The van der Waals surface area contributed by atoms with Crippen molar-refractivity contribution in [1.82, 2.24) is 4.57 Å². The molecule has 0 N–H and O–H groups in total. The Labute approximate surface area is 134 Å². The van der Waals surface area contributed by atoms with Gasteiger partial charge in [0.05, 0.1) is 14.2 Å². The molecule has 0 aliphatic heterocycles. The lowest BCUT2D eigenvalue weighted by Crippen LogP contribution is -2.17. The van der Waals surface area contributed by atoms with E-state index in [0.717, 1.165) is 5.56 Å². The number of nitrogens with zero attached hydrogens (tertiary/aromatic N) is 2. The number of ketones is 1. The molecule has 0 atom stereocenters. The first-order valence-corrected chi connectivity index (χ1v) is 6.97. The van der Waals surface area contributed by atoms with Gasteiger partial charge in [0.15, 0.2) is 17.3 Å². The van der Waals surface area contributed by atoms with Crippen LogP contribution in [-0.4, -0.2) is 37.3 Å². The number of benzene rings is 1. The predicted molar refractivity (Wildman–Crippen MR) is 88.0 cm³/mol. The minimum absolute atomic E-state index is 0.0153. The van der Waals surface area contributed by atoms with E-state index in [-0.39, 0.29) is 17.9 Å². The topological polar surface area (TPSA) is 69.9 Å². The van der Waals surface area contributed by atoms with Crippen LogP contribution in [0.25, 0.3) is 0 Å². The number of para-hydroxylation sites is 1. The molecule has 0 saturated heterocycles. The molecule has 1 aromatic carbocycles. The van der Waals surface area contributed by atoms with Crippen LogP contribution in [0.5, 0.6) is 11.5 Å². The van der Waals surface area contributed by atoms with Crippen molar-refractivity contribution in [2.75, 3.05) is 20.8 Å². The lowest BCUT2D eigenvalue weighted by Gasteiger charge is -2.09. The molecule has 1 heterocycles. The predicted octanol–water partition coefficient (Wildman–Crippen LogP) is 1.70. The molecule has 0 amide bonds. The Hall–Kier alpha value is -2.89. The van der Waals surface area contributed by atoms with E-state index in [1.54, 1.807) is 33.5 Å². The molecule has 0 bridgehead atoms. The van der Waals surface area contributed by atoms with Crippen LogP contribution in [0.3, 0.4) is 0 Å². The molecule has 0 aliphatic carbocycles. The zero-order valence-electron chi connectivity index (χ0n) is 13.3. The Kier molecular flexibility index (Phi) is 5.30. The standard InChI is InChI=1S/C17H18N2O4/c1-19-11-13(7-8-16(19)21)14(20)10-18-9-12-5-4-6-15(22-2)17(12)23-3/h4-9,11H,10H2,1-3H3/b18-9+. The summed E-state index contributed by atoms with van der Waals surface area (Å²) >= 11 is 0. The van der Waals surface area contributed by atoms with E-state index < -0.39 is 0 Å². The highest BCUT2D eigenvalue weighted by Crippen LogP contribution is 2.29. The van der Waals surface area contributed by atoms with Gasteiger partial charge >= 0.3 is 0 Å². The second kappa shape index (κ2) is 7.40. The first kappa shape index (κ1) is 16.5. The van der Waals surface area contributed by atoms with Crippen LogP contribution >= 0.6 is 0 Å². The number of hydrogen-bond acceptors (Lipinski definition) is 5. The summed E-state index contributed by atoms with van der Waals surface area (Å²) in [5.41, 5.74) is 1.01. The van der Waals surface area contributed by atoms with E-state index in [9.17, 15) is 9.59 Å². The minimum Gasteiger partial charge on any atom is -0.493 e. The number of ether oxygens (including phenoxy) is 2. The fourth-order valence-corrected chi connectivity index (χ4v) is 2.09. The Morgan fingerprint density at radius 3 is 2.65 bits per heavy atom. The van der Waals surface area contributed by atoms with Gasteiger partial charge in [0.1, 0.15) is 6.54 Å². The summed E-state index contributed by atoms with van der Waals surface area (Å²) < 4.78 is 11.9. The highest BCUT2D eigenvalue weighted by atomic mass is 16.5. The van der Waals surface area contributed by atoms with Gasteiger partial charge in [0, 0.05) is 36.7 Å². The maximum absolute atomic E-state index is 12.1. The number of hydrogen-bond donors (Lipinski definition) is 0. The van der Waals surface area contributed by atoms with Gasteiger partial charge in [-0.2, -0.15) is 0 Å². The molecule has 6 nitrogen and oxygen atoms in total. The molecule has 23 heavy (non-hydrogen) atoms. The van der Waals surface area contributed by atoms with Gasteiger partial charge in [-0.1, -0.05) is 6.07 Å². The van der Waals surface area contributed by atoms with Gasteiger partial charge < -0.3 is 14.0 Å². The lowest BCUT2D eigenvalue weighted by molar-refractivity contribution is 0.100. The monoisotopic (exact) mass is 314 g/mol. The van der Waals surface area contributed by atoms with Gasteiger partial charge in [0.2, 0.25) is 5.56 Å². The molecular formula is C17H18N2O4. The van der Waals surface area contributed by atoms with Crippen LogP contribution in [0.1, 0.15) is 15.9 Å². The summed E-state index contributed by atoms with van der Waals surface area (Å²) in [6.07, 6.45) is 3.08. The summed E-state index contributed by atoms with van der Waals surface area (Å²) in [6.45, 7) is -0.0153. The fraction of sp³-hybridized carbons (Fsp3) is 0.235. The molecule has 0 fully saturated rings. The molecule has 2 rings (SSSR count). The van der Waals surface area contributed by atoms with Gasteiger partial charge in [-0.25, -0.2) is 0 Å². The van der Waals surface area contributed by atoms with Crippen LogP contribution in [-0.2, 0) is 7.05 Å². The number of aliphatic imine (C=N–C) groups is 1. The molecule has 0 saturated carbocycles. The third kappa shape index (κ3) is 3.85. The zero-order chi connectivity index (χ0) is 16.8. The molecule has 1 aromatic heterocycles. The van der Waals surface area contributed by atoms with Crippen molar-refractivity contribution in [2.24, 2.45) is 12.0 Å². The van der Waals surface area contributed by atoms with Gasteiger partial charge in [-0.15, -0.1) is 0 Å². The quantitative estimate of drug-likeness (QED) is 0.601. The van der Waals surface area contributed by atoms with Crippen molar-refractivity contribution >= 4 is 12.0 Å². The third-order valence-electron chi connectivity index (χ3n) is 3.31. The van der Waals surface area contributed by atoms with E-state index in [1.165, 1.54) is 22.9 Å². The maximum atomic E-state index is 12.1. The molecule has 0 unspecified atom stereocenters. The van der Waals surface area contributed by atoms with Crippen molar-refractivity contribution in [2.45, 2.75) is 0 Å². The number of carbonyl (C=O) groups is 1. The average molecular weight is 314 g/mol. The number of carbonyl (C=O) groups excluding carboxylic acids is 1. The fourth-order valence-electron chi connectivity index (χ4n) is 2.09. The summed E-state index contributed by atoms with van der Waals surface area (Å²) in [4.78, 5) is 27.6. The highest BCUT2D eigenvalue weighted by molar-refractivity contribution is 5.98. The number of aromatic nitrogens is 1. The second-order valence-corrected chi connectivity index (χ2v) is 4.84. The van der Waals surface area contributed by atoms with Crippen molar-refractivity contribution in [3.63, 3.8) is 0 Å². The zero-order valence-corrected chi connectivity index (χ0v) is 13.3. The van der Waals surface area contributed by atoms with Crippen molar-refractivity contribution in [3.05, 3.63) is 58.0 Å². The van der Waals surface area contributed by atoms with Crippen LogP contribution in [0.4, 0.5) is 0 Å². The Morgan fingerprint density at radius 1 is 1.22 bits per heavy atom. The molecule has 120 valence electrons. The molecule has 6 heteroatoms. The minimum atomic E-state index is -0.168. The van der Waals surface area contributed by atoms with E-state index in [0.29, 0.717) is 17.1 Å². The third-order valence-corrected chi connectivity index (χ3v) is 3.31. The lowest BCUT2D eigenvalue weighted by atomic mass is 10.2. The summed E-state index contributed by atoms with van der Waals surface area (Å²) in [6, 6.07) is 8.29. The first-order chi connectivity index (χ1) is 11.1. The molecule has 0 radical (unpaired) electrons. The van der Waals surface area contributed by atoms with Gasteiger partial charge in [-0.05, 0) is 18.2 Å². The largest absolute Gasteiger partial charge is 0.493 e. The second-order valence-electron chi connectivity index (χ2n) is 4.84. The van der Waals surface area contributed by atoms with Crippen molar-refractivity contribution in [3.8, 4) is 11.5 Å². The van der Waals surface area contributed by atoms with E-state index >= 15 is 0 Å². The molecule has 0 spiro atoms. The van der Waals surface area contributed by atoms with Crippen LogP contribution in [0, 0.1) is 0 Å². The average Bonchev–Trinajstić information content (AvgIpc) is 2.56. The van der Waals surface area contributed by atoms with E-state index in [4.69, 9.17) is 9.47 Å². The van der Waals surface area contributed by atoms with Crippen molar-refractivity contribution < 1.29 is 14.3 Å². The van der Waals surface area contributed by atoms with Crippen LogP contribution in [0.2, 0.25) is 0 Å². The summed E-state index contributed by atoms with van der Waals surface area (Å²) in [5.74, 6) is 0.993. The first-order valence-electron chi connectivity index (χ1n) is 6.97. The van der Waals surface area contributed by atoms with Crippen molar-refractivity contribution in [1.29, 1.82) is 0 Å². The van der Waals surface area contributed by atoms with Gasteiger partial charge in [0.25, 0.3) is 0 Å². The number of methoxy groups -OCH3 is 2. The maximum Gasteiger partial charge on any atom is 0.250 e. The molecular weight excluding hydrogens is 296 g/mol. The Balaban J connectivity index is 2.14. The van der Waals surface area contributed by atoms with E-state index in [1.807, 2.05) is 12.1 Å². The van der Waals surface area contributed by atoms with E-state index in [2.05, 4.69) is 4.99 Å². The summed E-state index contributed by atoms with van der Waals surface area (Å²) in [7, 11) is 4.70. The smallest absolute Gasteiger partial charge is 0.250 e. The molecule has 0 aliphatic rings. The van der Waals surface area contributed by atoms with Crippen LogP contribution in [0.15, 0.2) is 46.3 Å². The Morgan fingerprint density at radius 2 is 2.00 bits per heavy atom. The summed E-state index contributed by atoms with van der Waals surface area (Å²) in [5, 5.41) is 0.